The van der Waals surface area contributed by atoms with E-state index in [1.54, 1.807) is 24.3 Å². The molecule has 0 spiro atoms. The molecular formula is C26H21FN4S. The number of nitrogens with zero attached hydrogens (tertiary/aromatic N) is 3. The fourth-order valence-electron chi connectivity index (χ4n) is 3.63. The van der Waals surface area contributed by atoms with E-state index < -0.39 is 0 Å². The van der Waals surface area contributed by atoms with Crippen molar-refractivity contribution < 1.29 is 4.39 Å². The quantitative estimate of drug-likeness (QED) is 0.327. The minimum Gasteiger partial charge on any atom is -0.380 e. The topological polar surface area (TPSA) is 50.7 Å². The highest BCUT2D eigenvalue weighted by Crippen LogP contribution is 2.35. The third kappa shape index (κ3) is 4.09. The predicted octanol–water partition coefficient (Wildman–Crippen LogP) is 6.79. The molecule has 0 radical (unpaired) electrons. The van der Waals surface area contributed by atoms with Gasteiger partial charge in [0.2, 0.25) is 0 Å². The van der Waals surface area contributed by atoms with Crippen molar-refractivity contribution >= 4 is 27.2 Å². The van der Waals surface area contributed by atoms with Crippen molar-refractivity contribution in [1.29, 1.82) is 0 Å². The summed E-state index contributed by atoms with van der Waals surface area (Å²) in [5.41, 5.74) is 10.2. The smallest absolute Gasteiger partial charge is 0.126 e. The van der Waals surface area contributed by atoms with E-state index in [1.165, 1.54) is 6.07 Å². The van der Waals surface area contributed by atoms with Crippen LogP contribution in [0.2, 0.25) is 0 Å². The van der Waals surface area contributed by atoms with Gasteiger partial charge in [-0.3, -0.25) is 9.97 Å². The van der Waals surface area contributed by atoms with Gasteiger partial charge in [-0.1, -0.05) is 12.1 Å². The molecule has 6 heteroatoms. The Bertz CT molecular complexity index is 1410. The molecule has 5 rings (SSSR count). The van der Waals surface area contributed by atoms with Crippen LogP contribution in [0.25, 0.3) is 32.6 Å². The fraction of sp³-hybridized carbons (Fsp3) is 0.115. The Labute approximate surface area is 189 Å². The van der Waals surface area contributed by atoms with Crippen LogP contribution in [-0.4, -0.2) is 15.0 Å². The molecule has 0 atom stereocenters. The number of anilines is 1. The molecule has 2 aromatic carbocycles. The number of rotatable bonds is 5. The number of halogens is 1. The van der Waals surface area contributed by atoms with Crippen LogP contribution in [0.3, 0.4) is 0 Å². The van der Waals surface area contributed by atoms with Crippen LogP contribution < -0.4 is 5.32 Å². The van der Waals surface area contributed by atoms with E-state index in [1.807, 2.05) is 43.0 Å². The first-order valence-electron chi connectivity index (χ1n) is 10.3. The number of benzene rings is 2. The van der Waals surface area contributed by atoms with E-state index in [0.717, 1.165) is 49.5 Å². The maximum atomic E-state index is 13.9. The lowest BCUT2D eigenvalue weighted by Crippen LogP contribution is -2.02. The van der Waals surface area contributed by atoms with Crippen molar-refractivity contribution in [3.8, 4) is 22.4 Å². The normalized spacial score (nSPS) is 11.1. The molecule has 0 saturated carbocycles. The zero-order valence-electron chi connectivity index (χ0n) is 17.8. The lowest BCUT2D eigenvalue weighted by atomic mass is 9.97. The van der Waals surface area contributed by atoms with Crippen LogP contribution in [0, 0.1) is 19.7 Å². The summed E-state index contributed by atoms with van der Waals surface area (Å²) < 4.78 is 15.0. The first-order chi connectivity index (χ1) is 15.6. The molecule has 5 aromatic rings. The van der Waals surface area contributed by atoms with Gasteiger partial charge in [-0.25, -0.2) is 9.37 Å². The molecule has 0 aliphatic carbocycles. The first-order valence-corrected chi connectivity index (χ1v) is 11.2. The molecule has 3 aromatic heterocycles. The number of fused-ring (bicyclic) bond motifs is 1. The number of thiazole rings is 1. The highest BCUT2D eigenvalue weighted by atomic mass is 32.1. The van der Waals surface area contributed by atoms with E-state index in [0.29, 0.717) is 12.1 Å². The Morgan fingerprint density at radius 2 is 1.75 bits per heavy atom. The van der Waals surface area contributed by atoms with Crippen LogP contribution in [0.1, 0.15) is 16.8 Å². The molecule has 3 heterocycles. The van der Waals surface area contributed by atoms with Gasteiger partial charge < -0.3 is 5.32 Å². The number of nitrogens with one attached hydrogen (secondary N) is 1. The molecular weight excluding hydrogens is 419 g/mol. The third-order valence-electron chi connectivity index (χ3n) is 5.43. The molecule has 158 valence electrons. The molecule has 0 saturated heterocycles. The van der Waals surface area contributed by atoms with Crippen molar-refractivity contribution in [3.63, 3.8) is 0 Å². The second kappa shape index (κ2) is 8.48. The summed E-state index contributed by atoms with van der Waals surface area (Å²) in [6.07, 6.45) is 3.70. The molecule has 32 heavy (non-hydrogen) atoms. The van der Waals surface area contributed by atoms with Crippen molar-refractivity contribution in [3.05, 3.63) is 95.1 Å². The van der Waals surface area contributed by atoms with Crippen molar-refractivity contribution in [2.24, 2.45) is 0 Å². The Morgan fingerprint density at radius 3 is 2.56 bits per heavy atom. The molecule has 0 aliphatic heterocycles. The molecule has 0 unspecified atom stereocenters. The average Bonchev–Trinajstić information content (AvgIpc) is 3.28. The summed E-state index contributed by atoms with van der Waals surface area (Å²) in [4.78, 5) is 13.5. The molecule has 0 bridgehead atoms. The second-order valence-corrected chi connectivity index (χ2v) is 8.67. The minimum atomic E-state index is -0.216. The van der Waals surface area contributed by atoms with E-state index in [4.69, 9.17) is 4.98 Å². The second-order valence-electron chi connectivity index (χ2n) is 7.78. The van der Waals surface area contributed by atoms with Gasteiger partial charge in [0.05, 0.1) is 33.3 Å². The Balaban J connectivity index is 1.56. The van der Waals surface area contributed by atoms with Crippen LogP contribution in [0.5, 0.6) is 0 Å². The first kappa shape index (κ1) is 20.3. The van der Waals surface area contributed by atoms with Gasteiger partial charge in [0, 0.05) is 29.6 Å². The zero-order valence-corrected chi connectivity index (χ0v) is 18.6. The Kier molecular flexibility index (Phi) is 5.37. The number of pyridine rings is 2. The monoisotopic (exact) mass is 440 g/mol. The summed E-state index contributed by atoms with van der Waals surface area (Å²) in [6, 6.07) is 17.5. The molecule has 0 fully saturated rings. The van der Waals surface area contributed by atoms with Crippen LogP contribution >= 0.6 is 11.3 Å². The number of hydrogen-bond donors (Lipinski definition) is 1. The fourth-order valence-corrected chi connectivity index (χ4v) is 4.35. The summed E-state index contributed by atoms with van der Waals surface area (Å²) in [7, 11) is 0. The van der Waals surface area contributed by atoms with E-state index in [-0.39, 0.29) is 5.82 Å². The van der Waals surface area contributed by atoms with Gasteiger partial charge in [-0.15, -0.1) is 11.3 Å². The number of aryl methyl sites for hydroxylation is 2. The van der Waals surface area contributed by atoms with Gasteiger partial charge in [-0.2, -0.15) is 0 Å². The van der Waals surface area contributed by atoms with E-state index in [9.17, 15) is 4.39 Å². The van der Waals surface area contributed by atoms with Gasteiger partial charge >= 0.3 is 0 Å². The lowest BCUT2D eigenvalue weighted by Gasteiger charge is -2.14. The summed E-state index contributed by atoms with van der Waals surface area (Å²) in [5.74, 6) is -0.216. The summed E-state index contributed by atoms with van der Waals surface area (Å²) in [6.45, 7) is 4.40. The molecule has 0 amide bonds. The Morgan fingerprint density at radius 1 is 0.875 bits per heavy atom. The minimum absolute atomic E-state index is 0.216. The van der Waals surface area contributed by atoms with Crippen LogP contribution in [0.4, 0.5) is 10.1 Å². The zero-order chi connectivity index (χ0) is 22.1. The average molecular weight is 441 g/mol. The maximum absolute atomic E-state index is 13.9. The molecule has 4 nitrogen and oxygen atoms in total. The predicted molar refractivity (Wildman–Crippen MR) is 129 cm³/mol. The van der Waals surface area contributed by atoms with E-state index >= 15 is 0 Å². The highest BCUT2D eigenvalue weighted by molar-refractivity contribution is 7.16. The van der Waals surface area contributed by atoms with Crippen molar-refractivity contribution in [2.45, 2.75) is 20.4 Å². The molecule has 1 N–H and O–H groups in total. The summed E-state index contributed by atoms with van der Waals surface area (Å²) in [5, 5.41) is 3.45. The van der Waals surface area contributed by atoms with Gasteiger partial charge in [-0.05, 0) is 73.0 Å². The number of aromatic nitrogens is 3. The molecule has 0 aliphatic rings. The SMILES string of the molecule is Cc1ccc(CNc2cnc(-c3ccc(F)c(C)c3)c(-c3ccc4ncsc4c3)c2)cn1. The van der Waals surface area contributed by atoms with E-state index in [2.05, 4.69) is 39.6 Å². The maximum Gasteiger partial charge on any atom is 0.126 e. The van der Waals surface area contributed by atoms with Crippen LogP contribution in [-0.2, 0) is 6.54 Å². The van der Waals surface area contributed by atoms with Gasteiger partial charge in [0.25, 0.3) is 0 Å². The number of hydrogen-bond acceptors (Lipinski definition) is 5. The third-order valence-corrected chi connectivity index (χ3v) is 6.22. The van der Waals surface area contributed by atoms with Crippen molar-refractivity contribution in [2.75, 3.05) is 5.32 Å². The van der Waals surface area contributed by atoms with Crippen molar-refractivity contribution in [1.82, 2.24) is 15.0 Å². The Hall–Kier alpha value is -3.64. The van der Waals surface area contributed by atoms with Gasteiger partial charge in [0.1, 0.15) is 5.82 Å². The standard InChI is InChI=1S/C26H21FN4S/c1-16-9-20(5-7-23(16)27)26-22(19-6-8-24-25(10-19)32-15-31-24)11-21(14-30-26)29-13-18-4-3-17(2)28-12-18/h3-12,14-15,29H,13H2,1-2H3. The van der Waals surface area contributed by atoms with Gasteiger partial charge in [0.15, 0.2) is 0 Å². The largest absolute Gasteiger partial charge is 0.380 e. The van der Waals surface area contributed by atoms with Crippen LogP contribution in [0.15, 0.2) is 72.5 Å². The lowest BCUT2D eigenvalue weighted by molar-refractivity contribution is 0.619. The highest BCUT2D eigenvalue weighted by Gasteiger charge is 2.13. The summed E-state index contributed by atoms with van der Waals surface area (Å²) >= 11 is 1.61.